The zero-order valence-corrected chi connectivity index (χ0v) is 11.0. The van der Waals surface area contributed by atoms with Gasteiger partial charge >= 0.3 is 0 Å². The van der Waals surface area contributed by atoms with Gasteiger partial charge in [0.15, 0.2) is 5.82 Å². The number of hydrogen-bond donors (Lipinski definition) is 2. The Morgan fingerprint density at radius 3 is 2.33 bits per heavy atom. The fourth-order valence-corrected chi connectivity index (χ4v) is 2.00. The number of rotatable bonds is 2. The highest BCUT2D eigenvalue weighted by Gasteiger charge is 2.09. The average Bonchev–Trinajstić information content (AvgIpc) is 2.47. The minimum absolute atomic E-state index is 0.279. The van der Waals surface area contributed by atoms with Gasteiger partial charge in [-0.2, -0.15) is 0 Å². The third kappa shape index (κ3) is 2.64. The van der Waals surface area contributed by atoms with Crippen LogP contribution in [0.2, 0.25) is 0 Å². The molecule has 0 saturated heterocycles. The van der Waals surface area contributed by atoms with Crippen LogP contribution in [-0.4, -0.2) is 15.0 Å². The van der Waals surface area contributed by atoms with E-state index in [2.05, 4.69) is 15.0 Å². The number of halogens is 1. The van der Waals surface area contributed by atoms with E-state index < -0.39 is 0 Å². The van der Waals surface area contributed by atoms with Gasteiger partial charge in [-0.15, -0.1) is 0 Å². The minimum atomic E-state index is -0.338. The van der Waals surface area contributed by atoms with Crippen molar-refractivity contribution in [1.29, 1.82) is 0 Å². The number of nitrogens with zero attached hydrogens (tertiary/aromatic N) is 3. The Balaban J connectivity index is 2.10. The number of benzene rings is 1. The van der Waals surface area contributed by atoms with E-state index in [4.69, 9.17) is 11.5 Å². The standard InChI is InChI=1S/C15H12FN5/c16-11-4-2-1-3-10(11)12-7-9(5-6-19-12)15-20-13(17)8-14(18)21-15/h1-8H,(H4,17,18,20,21). The molecule has 0 bridgehead atoms. The average molecular weight is 281 g/mol. The summed E-state index contributed by atoms with van der Waals surface area (Å²) in [6, 6.07) is 11.3. The number of aromatic nitrogens is 3. The van der Waals surface area contributed by atoms with Gasteiger partial charge in [-0.25, -0.2) is 14.4 Å². The Morgan fingerprint density at radius 1 is 0.905 bits per heavy atom. The Labute approximate surface area is 120 Å². The van der Waals surface area contributed by atoms with Gasteiger partial charge in [0.05, 0.1) is 5.69 Å². The highest BCUT2D eigenvalue weighted by molar-refractivity contribution is 5.68. The lowest BCUT2D eigenvalue weighted by Crippen LogP contribution is -2.00. The van der Waals surface area contributed by atoms with Crippen LogP contribution in [0.15, 0.2) is 48.7 Å². The van der Waals surface area contributed by atoms with E-state index in [1.165, 1.54) is 12.1 Å². The van der Waals surface area contributed by atoms with Gasteiger partial charge in [-0.05, 0) is 24.3 Å². The molecule has 5 nitrogen and oxygen atoms in total. The second kappa shape index (κ2) is 5.16. The molecule has 0 saturated carbocycles. The molecule has 0 aliphatic carbocycles. The molecule has 0 atom stereocenters. The SMILES string of the molecule is Nc1cc(N)nc(-c2ccnc(-c3ccccc3F)c2)n1. The van der Waals surface area contributed by atoms with Crippen LogP contribution in [0.25, 0.3) is 22.6 Å². The van der Waals surface area contributed by atoms with Crippen LogP contribution < -0.4 is 11.5 Å². The van der Waals surface area contributed by atoms with Crippen molar-refractivity contribution in [3.8, 4) is 22.6 Å². The molecule has 6 heteroatoms. The van der Waals surface area contributed by atoms with Crippen LogP contribution in [0.4, 0.5) is 16.0 Å². The summed E-state index contributed by atoms with van der Waals surface area (Å²) in [5.41, 5.74) is 12.9. The van der Waals surface area contributed by atoms with Crippen LogP contribution in [0.5, 0.6) is 0 Å². The van der Waals surface area contributed by atoms with Gasteiger partial charge in [-0.3, -0.25) is 4.98 Å². The summed E-state index contributed by atoms with van der Waals surface area (Å²) in [5, 5.41) is 0. The quantitative estimate of drug-likeness (QED) is 0.753. The third-order valence-electron chi connectivity index (χ3n) is 2.93. The molecule has 2 heterocycles. The second-order valence-corrected chi connectivity index (χ2v) is 4.45. The van der Waals surface area contributed by atoms with Crippen molar-refractivity contribution >= 4 is 11.6 Å². The summed E-state index contributed by atoms with van der Waals surface area (Å²) in [6.07, 6.45) is 1.57. The molecular formula is C15H12FN5. The third-order valence-corrected chi connectivity index (χ3v) is 2.93. The molecule has 0 spiro atoms. The van der Waals surface area contributed by atoms with E-state index in [-0.39, 0.29) is 17.5 Å². The smallest absolute Gasteiger partial charge is 0.163 e. The van der Waals surface area contributed by atoms with Gasteiger partial charge in [0.25, 0.3) is 0 Å². The topological polar surface area (TPSA) is 90.7 Å². The number of nitrogens with two attached hydrogens (primary N) is 2. The molecule has 0 unspecified atom stereocenters. The van der Waals surface area contributed by atoms with Crippen molar-refractivity contribution < 1.29 is 4.39 Å². The van der Waals surface area contributed by atoms with Gasteiger partial charge in [0, 0.05) is 23.4 Å². The van der Waals surface area contributed by atoms with Crippen LogP contribution in [0.1, 0.15) is 0 Å². The molecule has 0 fully saturated rings. The van der Waals surface area contributed by atoms with Crippen molar-refractivity contribution in [2.24, 2.45) is 0 Å². The zero-order chi connectivity index (χ0) is 14.8. The number of hydrogen-bond acceptors (Lipinski definition) is 5. The number of nitrogen functional groups attached to an aromatic ring is 2. The zero-order valence-electron chi connectivity index (χ0n) is 11.0. The largest absolute Gasteiger partial charge is 0.384 e. The molecule has 4 N–H and O–H groups in total. The van der Waals surface area contributed by atoms with Crippen LogP contribution >= 0.6 is 0 Å². The minimum Gasteiger partial charge on any atom is -0.384 e. The van der Waals surface area contributed by atoms with E-state index >= 15 is 0 Å². The Bertz CT molecular complexity index is 783. The summed E-state index contributed by atoms with van der Waals surface area (Å²) < 4.78 is 13.8. The Hall–Kier alpha value is -3.02. The maximum atomic E-state index is 13.8. The summed E-state index contributed by atoms with van der Waals surface area (Å²) in [4.78, 5) is 12.4. The van der Waals surface area contributed by atoms with E-state index in [1.807, 2.05) is 0 Å². The van der Waals surface area contributed by atoms with Gasteiger partial charge in [0.1, 0.15) is 17.5 Å². The first-order valence-corrected chi connectivity index (χ1v) is 6.25. The molecule has 1 aromatic carbocycles. The summed E-state index contributed by atoms with van der Waals surface area (Å²) in [6.45, 7) is 0. The van der Waals surface area contributed by atoms with E-state index in [1.54, 1.807) is 36.5 Å². The van der Waals surface area contributed by atoms with Crippen molar-refractivity contribution in [3.63, 3.8) is 0 Å². The molecule has 3 rings (SSSR count). The normalized spacial score (nSPS) is 10.5. The first kappa shape index (κ1) is 13.0. The van der Waals surface area contributed by atoms with Crippen LogP contribution in [-0.2, 0) is 0 Å². The summed E-state index contributed by atoms with van der Waals surface area (Å²) in [5.74, 6) is 0.603. The van der Waals surface area contributed by atoms with Crippen LogP contribution in [0, 0.1) is 5.82 Å². The fraction of sp³-hybridized carbons (Fsp3) is 0. The van der Waals surface area contributed by atoms with Crippen LogP contribution in [0.3, 0.4) is 0 Å². The molecule has 21 heavy (non-hydrogen) atoms. The van der Waals surface area contributed by atoms with E-state index in [0.29, 0.717) is 22.6 Å². The van der Waals surface area contributed by atoms with Crippen molar-refractivity contribution in [1.82, 2.24) is 15.0 Å². The van der Waals surface area contributed by atoms with Gasteiger partial charge in [-0.1, -0.05) is 12.1 Å². The molecular weight excluding hydrogens is 269 g/mol. The fourth-order valence-electron chi connectivity index (χ4n) is 2.00. The second-order valence-electron chi connectivity index (χ2n) is 4.45. The molecule has 3 aromatic rings. The maximum absolute atomic E-state index is 13.8. The highest BCUT2D eigenvalue weighted by atomic mass is 19.1. The molecule has 0 radical (unpaired) electrons. The lowest BCUT2D eigenvalue weighted by Gasteiger charge is -2.06. The van der Waals surface area contributed by atoms with Gasteiger partial charge in [0.2, 0.25) is 0 Å². The first-order valence-electron chi connectivity index (χ1n) is 6.25. The Kier molecular flexibility index (Phi) is 3.19. The molecule has 0 aliphatic heterocycles. The molecule has 0 aliphatic rings. The van der Waals surface area contributed by atoms with E-state index in [0.717, 1.165) is 0 Å². The predicted molar refractivity (Wildman–Crippen MR) is 79.5 cm³/mol. The monoisotopic (exact) mass is 281 g/mol. The van der Waals surface area contributed by atoms with Crippen molar-refractivity contribution in [3.05, 3.63) is 54.5 Å². The lowest BCUT2D eigenvalue weighted by atomic mass is 10.1. The van der Waals surface area contributed by atoms with Crippen molar-refractivity contribution in [2.75, 3.05) is 11.5 Å². The molecule has 104 valence electrons. The molecule has 2 aromatic heterocycles. The molecule has 0 amide bonds. The maximum Gasteiger partial charge on any atom is 0.163 e. The summed E-state index contributed by atoms with van der Waals surface area (Å²) in [7, 11) is 0. The number of pyridine rings is 1. The van der Waals surface area contributed by atoms with Gasteiger partial charge < -0.3 is 11.5 Å². The summed E-state index contributed by atoms with van der Waals surface area (Å²) >= 11 is 0. The predicted octanol–water partition coefficient (Wildman–Crippen LogP) is 2.51. The van der Waals surface area contributed by atoms with E-state index in [9.17, 15) is 4.39 Å². The lowest BCUT2D eigenvalue weighted by molar-refractivity contribution is 0.631. The highest BCUT2D eigenvalue weighted by Crippen LogP contribution is 2.25. The number of anilines is 2. The Morgan fingerprint density at radius 2 is 1.62 bits per heavy atom. The first-order chi connectivity index (χ1) is 10.1. The van der Waals surface area contributed by atoms with Crippen molar-refractivity contribution in [2.45, 2.75) is 0 Å².